The van der Waals surface area contributed by atoms with Crippen LogP contribution < -0.4 is 11.1 Å². The van der Waals surface area contributed by atoms with Gasteiger partial charge in [-0.05, 0) is 68.6 Å². The Hall–Kier alpha value is -1.10. The largest absolute Gasteiger partial charge is 0.375 e. The van der Waals surface area contributed by atoms with Gasteiger partial charge in [-0.25, -0.2) is 4.98 Å². The molecule has 0 spiro atoms. The maximum Gasteiger partial charge on any atom is 0.271 e. The minimum absolute atomic E-state index is 0.0637. The zero-order valence-electron chi connectivity index (χ0n) is 12.5. The van der Waals surface area contributed by atoms with E-state index in [1.807, 2.05) is 0 Å². The Morgan fingerprint density at radius 3 is 2.38 bits per heavy atom. The second kappa shape index (κ2) is 4.70. The number of amides is 1. The van der Waals surface area contributed by atoms with E-state index in [1.54, 1.807) is 5.38 Å². The molecule has 1 unspecified atom stereocenters. The van der Waals surface area contributed by atoms with Gasteiger partial charge in [0.15, 0.2) is 5.13 Å². The Bertz CT molecular complexity index is 532. The molecule has 4 saturated carbocycles. The number of carbonyl (C=O) groups excluding carboxylic acids is 1. The summed E-state index contributed by atoms with van der Waals surface area (Å²) in [6.07, 6.45) is 8.21. The van der Waals surface area contributed by atoms with Crippen molar-refractivity contribution < 1.29 is 4.79 Å². The third kappa shape index (κ3) is 2.26. The summed E-state index contributed by atoms with van der Waals surface area (Å²) in [5, 5.41) is 5.42. The molecule has 0 saturated heterocycles. The monoisotopic (exact) mass is 305 g/mol. The average molecular weight is 305 g/mol. The van der Waals surface area contributed by atoms with Crippen LogP contribution in [0.25, 0.3) is 0 Å². The van der Waals surface area contributed by atoms with Gasteiger partial charge in [0.1, 0.15) is 5.69 Å². The lowest BCUT2D eigenvalue weighted by Gasteiger charge is -2.59. The first-order chi connectivity index (χ1) is 10.0. The molecule has 0 radical (unpaired) electrons. The topological polar surface area (TPSA) is 68.0 Å². The van der Waals surface area contributed by atoms with Crippen molar-refractivity contribution in [3.05, 3.63) is 11.1 Å². The van der Waals surface area contributed by atoms with Gasteiger partial charge in [0.2, 0.25) is 0 Å². The number of hydrogen-bond donors (Lipinski definition) is 2. The summed E-state index contributed by atoms with van der Waals surface area (Å²) in [4.78, 5) is 16.4. The fourth-order valence-corrected chi connectivity index (χ4v) is 6.07. The van der Waals surface area contributed by atoms with Gasteiger partial charge >= 0.3 is 0 Å². The van der Waals surface area contributed by atoms with Crippen molar-refractivity contribution in [3.8, 4) is 0 Å². The van der Waals surface area contributed by atoms with Crippen molar-refractivity contribution in [2.75, 3.05) is 5.73 Å². The number of carbonyl (C=O) groups is 1. The molecular weight excluding hydrogens is 282 g/mol. The van der Waals surface area contributed by atoms with E-state index >= 15 is 0 Å². The van der Waals surface area contributed by atoms with Gasteiger partial charge in [-0.1, -0.05) is 0 Å². The summed E-state index contributed by atoms with van der Waals surface area (Å²) in [5.41, 5.74) is 6.43. The summed E-state index contributed by atoms with van der Waals surface area (Å²) >= 11 is 1.33. The van der Waals surface area contributed by atoms with E-state index in [0.717, 1.165) is 17.8 Å². The number of nitrogens with two attached hydrogens (primary N) is 1. The fraction of sp³-hybridized carbons (Fsp3) is 0.750. The van der Waals surface area contributed by atoms with E-state index in [9.17, 15) is 4.79 Å². The second-order valence-corrected chi connectivity index (χ2v) is 8.44. The highest BCUT2D eigenvalue weighted by molar-refractivity contribution is 7.13. The number of anilines is 1. The Morgan fingerprint density at radius 2 is 1.90 bits per heavy atom. The van der Waals surface area contributed by atoms with E-state index in [0.29, 0.717) is 16.2 Å². The molecule has 3 N–H and O–H groups in total. The molecule has 4 aliphatic rings. The summed E-state index contributed by atoms with van der Waals surface area (Å²) in [7, 11) is 0. The molecule has 4 nitrogen and oxygen atoms in total. The first-order valence-electron chi connectivity index (χ1n) is 8.06. The van der Waals surface area contributed by atoms with Crippen LogP contribution in [0.1, 0.15) is 55.9 Å². The van der Waals surface area contributed by atoms with Crippen molar-refractivity contribution >= 4 is 22.4 Å². The Kier molecular flexibility index (Phi) is 3.03. The molecular formula is C16H23N3OS. The number of nitrogens with one attached hydrogen (secondary N) is 1. The van der Waals surface area contributed by atoms with E-state index < -0.39 is 0 Å². The third-order valence-electron chi connectivity index (χ3n) is 6.11. The summed E-state index contributed by atoms with van der Waals surface area (Å²) in [5.74, 6) is 2.66. The lowest BCUT2D eigenvalue weighted by atomic mass is 9.48. The minimum Gasteiger partial charge on any atom is -0.375 e. The predicted octanol–water partition coefficient (Wildman–Crippen LogP) is 3.06. The average Bonchev–Trinajstić information content (AvgIpc) is 2.84. The van der Waals surface area contributed by atoms with Crippen LogP contribution in [0, 0.1) is 23.2 Å². The molecule has 1 atom stereocenters. The van der Waals surface area contributed by atoms with Crippen LogP contribution in [-0.2, 0) is 0 Å². The maximum absolute atomic E-state index is 12.3. The van der Waals surface area contributed by atoms with Gasteiger partial charge in [0, 0.05) is 11.4 Å². The molecule has 1 aromatic heterocycles. The highest BCUT2D eigenvalue weighted by Crippen LogP contribution is 2.61. The molecule has 0 aromatic carbocycles. The predicted molar refractivity (Wildman–Crippen MR) is 84.1 cm³/mol. The lowest BCUT2D eigenvalue weighted by Crippen LogP contribution is -2.55. The number of hydrogen-bond acceptors (Lipinski definition) is 4. The molecule has 21 heavy (non-hydrogen) atoms. The number of aromatic nitrogens is 1. The first kappa shape index (κ1) is 13.6. The van der Waals surface area contributed by atoms with Crippen LogP contribution >= 0.6 is 11.3 Å². The highest BCUT2D eigenvalue weighted by Gasteiger charge is 2.53. The second-order valence-electron chi connectivity index (χ2n) is 7.55. The third-order valence-corrected chi connectivity index (χ3v) is 6.78. The number of rotatable bonds is 3. The Morgan fingerprint density at radius 1 is 1.33 bits per heavy atom. The van der Waals surface area contributed by atoms with Gasteiger partial charge in [-0.2, -0.15) is 0 Å². The molecule has 1 aromatic rings. The quantitative estimate of drug-likeness (QED) is 0.902. The van der Waals surface area contributed by atoms with Crippen molar-refractivity contribution in [1.82, 2.24) is 10.3 Å². The molecule has 0 aliphatic heterocycles. The zero-order valence-corrected chi connectivity index (χ0v) is 13.3. The maximum atomic E-state index is 12.3. The number of nitrogens with zero attached hydrogens (tertiary/aromatic N) is 1. The van der Waals surface area contributed by atoms with Crippen LogP contribution in [-0.4, -0.2) is 16.9 Å². The van der Waals surface area contributed by atoms with Crippen LogP contribution in [0.5, 0.6) is 0 Å². The summed E-state index contributed by atoms with van der Waals surface area (Å²) in [6.45, 7) is 2.20. The van der Waals surface area contributed by atoms with Crippen LogP contribution in [0.2, 0.25) is 0 Å². The fourth-order valence-electron chi connectivity index (χ4n) is 5.52. The van der Waals surface area contributed by atoms with Gasteiger partial charge in [-0.3, -0.25) is 4.79 Å². The Labute approximate surface area is 129 Å². The molecule has 5 rings (SSSR count). The molecule has 5 heteroatoms. The SMILES string of the molecule is CC(NC(=O)c1csc(N)n1)C12CC3CC(CC(C3)C1)C2. The normalized spacial score (nSPS) is 38.4. The van der Waals surface area contributed by atoms with Gasteiger partial charge in [0.25, 0.3) is 5.91 Å². The van der Waals surface area contributed by atoms with Gasteiger partial charge in [-0.15, -0.1) is 11.3 Å². The standard InChI is InChI=1S/C16H23N3OS/c1-9(18-14(20)13-8-21-15(17)19-13)16-5-10-2-11(6-16)4-12(3-10)7-16/h8-12H,2-7H2,1H3,(H2,17,19)(H,18,20). The summed E-state index contributed by atoms with van der Waals surface area (Å²) < 4.78 is 0. The van der Waals surface area contributed by atoms with Gasteiger partial charge < -0.3 is 11.1 Å². The molecule has 4 fully saturated rings. The number of nitrogen functional groups attached to an aromatic ring is 1. The van der Waals surface area contributed by atoms with Crippen molar-refractivity contribution in [1.29, 1.82) is 0 Å². The molecule has 4 aliphatic carbocycles. The van der Waals surface area contributed by atoms with E-state index in [4.69, 9.17) is 5.73 Å². The highest BCUT2D eigenvalue weighted by atomic mass is 32.1. The zero-order chi connectivity index (χ0) is 14.6. The van der Waals surface area contributed by atoms with Crippen LogP contribution in [0.15, 0.2) is 5.38 Å². The summed E-state index contributed by atoms with van der Waals surface area (Å²) in [6, 6.07) is 0.237. The Balaban J connectivity index is 1.50. The van der Waals surface area contributed by atoms with Gasteiger partial charge in [0.05, 0.1) is 0 Å². The minimum atomic E-state index is -0.0637. The smallest absolute Gasteiger partial charge is 0.271 e. The van der Waals surface area contributed by atoms with E-state index in [1.165, 1.54) is 49.9 Å². The molecule has 4 bridgehead atoms. The first-order valence-corrected chi connectivity index (χ1v) is 8.94. The molecule has 114 valence electrons. The van der Waals surface area contributed by atoms with Crippen molar-refractivity contribution in [2.24, 2.45) is 23.2 Å². The lowest BCUT2D eigenvalue weighted by molar-refractivity contribution is -0.0688. The van der Waals surface area contributed by atoms with E-state index in [2.05, 4.69) is 17.2 Å². The molecule has 1 heterocycles. The molecule has 1 amide bonds. The van der Waals surface area contributed by atoms with E-state index in [-0.39, 0.29) is 11.9 Å². The van der Waals surface area contributed by atoms with Crippen LogP contribution in [0.4, 0.5) is 5.13 Å². The van der Waals surface area contributed by atoms with Crippen molar-refractivity contribution in [2.45, 2.75) is 51.5 Å². The number of thiazole rings is 1. The van der Waals surface area contributed by atoms with Crippen molar-refractivity contribution in [3.63, 3.8) is 0 Å². The van der Waals surface area contributed by atoms with Crippen LogP contribution in [0.3, 0.4) is 0 Å².